The van der Waals surface area contributed by atoms with E-state index in [-0.39, 0.29) is 6.10 Å². The molecular weight excluding hydrogens is 242 g/mol. The second kappa shape index (κ2) is 6.48. The summed E-state index contributed by atoms with van der Waals surface area (Å²) in [6, 6.07) is 0. The van der Waals surface area contributed by atoms with E-state index in [0.717, 1.165) is 30.5 Å². The molecule has 0 amide bonds. The monoisotopic (exact) mass is 267 g/mol. The Labute approximate surface area is 114 Å². The van der Waals surface area contributed by atoms with Crippen LogP contribution in [0, 0.1) is 11.8 Å². The summed E-state index contributed by atoms with van der Waals surface area (Å²) in [5, 5.41) is 4.10. The van der Waals surface area contributed by atoms with Gasteiger partial charge in [-0.1, -0.05) is 19.0 Å². The van der Waals surface area contributed by atoms with Gasteiger partial charge >= 0.3 is 0 Å². The summed E-state index contributed by atoms with van der Waals surface area (Å²) in [5.74, 6) is 3.39. The SMILES string of the molecule is COC(CN)c1nc(C2CCC(C(C)C)CC2)no1. The predicted molar refractivity (Wildman–Crippen MR) is 72.6 cm³/mol. The highest BCUT2D eigenvalue weighted by molar-refractivity contribution is 4.99. The first kappa shape index (κ1) is 14.5. The molecule has 2 rings (SSSR count). The van der Waals surface area contributed by atoms with Crippen LogP contribution in [-0.2, 0) is 4.74 Å². The van der Waals surface area contributed by atoms with Crippen LogP contribution in [0.15, 0.2) is 4.52 Å². The van der Waals surface area contributed by atoms with Gasteiger partial charge in [-0.15, -0.1) is 0 Å². The molecule has 1 aliphatic carbocycles. The predicted octanol–water partition coefficient (Wildman–Crippen LogP) is 2.65. The van der Waals surface area contributed by atoms with Crippen molar-refractivity contribution in [1.82, 2.24) is 10.1 Å². The Hall–Kier alpha value is -0.940. The molecule has 1 aliphatic rings. The molecule has 2 N–H and O–H groups in total. The summed E-state index contributed by atoms with van der Waals surface area (Å²) in [6.45, 7) is 4.97. The molecule has 1 atom stereocenters. The van der Waals surface area contributed by atoms with Crippen LogP contribution in [-0.4, -0.2) is 23.8 Å². The van der Waals surface area contributed by atoms with Crippen molar-refractivity contribution in [2.24, 2.45) is 17.6 Å². The van der Waals surface area contributed by atoms with Crippen molar-refractivity contribution in [3.05, 3.63) is 11.7 Å². The zero-order chi connectivity index (χ0) is 13.8. The Kier molecular flexibility index (Phi) is 4.93. The number of nitrogens with two attached hydrogens (primary N) is 1. The molecule has 1 fully saturated rings. The van der Waals surface area contributed by atoms with Gasteiger partial charge in [0.25, 0.3) is 5.89 Å². The minimum atomic E-state index is -0.284. The molecule has 19 heavy (non-hydrogen) atoms. The normalized spacial score (nSPS) is 25.7. The van der Waals surface area contributed by atoms with Gasteiger partial charge in [-0.3, -0.25) is 0 Å². The van der Waals surface area contributed by atoms with Crippen LogP contribution in [0.2, 0.25) is 0 Å². The fourth-order valence-electron chi connectivity index (χ4n) is 2.89. The van der Waals surface area contributed by atoms with Crippen molar-refractivity contribution in [3.8, 4) is 0 Å². The van der Waals surface area contributed by atoms with E-state index in [0.29, 0.717) is 18.4 Å². The molecule has 5 nitrogen and oxygen atoms in total. The first-order chi connectivity index (χ1) is 9.15. The van der Waals surface area contributed by atoms with Crippen molar-refractivity contribution in [2.45, 2.75) is 51.6 Å². The Morgan fingerprint density at radius 1 is 1.32 bits per heavy atom. The van der Waals surface area contributed by atoms with Gasteiger partial charge in [-0.05, 0) is 37.5 Å². The topological polar surface area (TPSA) is 74.2 Å². The van der Waals surface area contributed by atoms with Gasteiger partial charge in [-0.25, -0.2) is 0 Å². The highest BCUT2D eigenvalue weighted by atomic mass is 16.5. The van der Waals surface area contributed by atoms with Crippen LogP contribution in [0.3, 0.4) is 0 Å². The van der Waals surface area contributed by atoms with Gasteiger partial charge in [0.2, 0.25) is 0 Å². The lowest BCUT2D eigenvalue weighted by atomic mass is 9.77. The van der Waals surface area contributed by atoms with E-state index in [1.54, 1.807) is 7.11 Å². The zero-order valence-electron chi connectivity index (χ0n) is 12.1. The lowest BCUT2D eigenvalue weighted by molar-refractivity contribution is 0.0803. The fraction of sp³-hybridized carbons (Fsp3) is 0.857. The van der Waals surface area contributed by atoms with E-state index < -0.39 is 0 Å². The first-order valence-electron chi connectivity index (χ1n) is 7.22. The number of methoxy groups -OCH3 is 1. The molecule has 0 spiro atoms. The van der Waals surface area contributed by atoms with Gasteiger partial charge in [0.05, 0.1) is 0 Å². The van der Waals surface area contributed by atoms with E-state index >= 15 is 0 Å². The number of hydrogen-bond acceptors (Lipinski definition) is 5. The summed E-state index contributed by atoms with van der Waals surface area (Å²) in [4.78, 5) is 4.46. The first-order valence-corrected chi connectivity index (χ1v) is 7.22. The van der Waals surface area contributed by atoms with Gasteiger partial charge in [0, 0.05) is 19.6 Å². The highest BCUT2D eigenvalue weighted by Crippen LogP contribution is 2.37. The Bertz CT molecular complexity index is 380. The van der Waals surface area contributed by atoms with Gasteiger partial charge in [0.1, 0.15) is 6.10 Å². The number of rotatable bonds is 5. The smallest absolute Gasteiger partial charge is 0.257 e. The summed E-state index contributed by atoms with van der Waals surface area (Å²) in [6.07, 6.45) is 4.55. The molecular formula is C14H25N3O2. The Morgan fingerprint density at radius 2 is 2.00 bits per heavy atom. The molecule has 5 heteroatoms. The molecule has 1 aromatic heterocycles. The second-order valence-electron chi connectivity index (χ2n) is 5.81. The summed E-state index contributed by atoms with van der Waals surface area (Å²) >= 11 is 0. The third kappa shape index (κ3) is 3.34. The fourth-order valence-corrected chi connectivity index (χ4v) is 2.89. The molecule has 0 bridgehead atoms. The average Bonchev–Trinajstić information content (AvgIpc) is 2.90. The summed E-state index contributed by atoms with van der Waals surface area (Å²) in [5.41, 5.74) is 5.60. The second-order valence-corrected chi connectivity index (χ2v) is 5.81. The van der Waals surface area contributed by atoms with Crippen LogP contribution in [0.1, 0.15) is 63.3 Å². The largest absolute Gasteiger partial charge is 0.370 e. The maximum absolute atomic E-state index is 5.60. The van der Waals surface area contributed by atoms with Gasteiger partial charge in [0.15, 0.2) is 5.82 Å². The molecule has 108 valence electrons. The molecule has 0 aromatic carbocycles. The number of ether oxygens (including phenoxy) is 1. The average molecular weight is 267 g/mol. The molecule has 1 saturated carbocycles. The standard InChI is InChI=1S/C14H25N3O2/c1-9(2)10-4-6-11(7-5-10)13-16-14(19-17-13)12(8-15)18-3/h9-12H,4-8,15H2,1-3H3. The molecule has 1 aromatic rings. The number of hydrogen-bond donors (Lipinski definition) is 1. The lowest BCUT2D eigenvalue weighted by Crippen LogP contribution is -2.18. The Morgan fingerprint density at radius 3 is 2.53 bits per heavy atom. The minimum absolute atomic E-state index is 0.284. The van der Waals surface area contributed by atoms with E-state index in [4.69, 9.17) is 15.0 Å². The highest BCUT2D eigenvalue weighted by Gasteiger charge is 2.28. The summed E-state index contributed by atoms with van der Waals surface area (Å²) < 4.78 is 10.5. The zero-order valence-corrected chi connectivity index (χ0v) is 12.1. The lowest BCUT2D eigenvalue weighted by Gasteiger charge is -2.29. The van der Waals surface area contributed by atoms with Crippen LogP contribution >= 0.6 is 0 Å². The molecule has 1 heterocycles. The van der Waals surface area contributed by atoms with Gasteiger partial charge in [-0.2, -0.15) is 4.98 Å². The third-order valence-electron chi connectivity index (χ3n) is 4.31. The van der Waals surface area contributed by atoms with Crippen molar-refractivity contribution < 1.29 is 9.26 Å². The van der Waals surface area contributed by atoms with Crippen LogP contribution in [0.5, 0.6) is 0 Å². The maximum atomic E-state index is 5.60. The molecule has 1 unspecified atom stereocenters. The Balaban J connectivity index is 1.96. The van der Waals surface area contributed by atoms with Crippen molar-refractivity contribution in [1.29, 1.82) is 0 Å². The van der Waals surface area contributed by atoms with E-state index in [2.05, 4.69) is 24.0 Å². The van der Waals surface area contributed by atoms with E-state index in [1.165, 1.54) is 12.8 Å². The molecule has 0 radical (unpaired) electrons. The van der Waals surface area contributed by atoms with Crippen molar-refractivity contribution >= 4 is 0 Å². The van der Waals surface area contributed by atoms with E-state index in [9.17, 15) is 0 Å². The van der Waals surface area contributed by atoms with Crippen LogP contribution < -0.4 is 5.73 Å². The molecule has 0 saturated heterocycles. The van der Waals surface area contributed by atoms with Crippen molar-refractivity contribution in [2.75, 3.05) is 13.7 Å². The van der Waals surface area contributed by atoms with Gasteiger partial charge < -0.3 is 15.0 Å². The maximum Gasteiger partial charge on any atom is 0.257 e. The number of nitrogens with zero attached hydrogens (tertiary/aromatic N) is 2. The van der Waals surface area contributed by atoms with Crippen molar-refractivity contribution in [3.63, 3.8) is 0 Å². The third-order valence-corrected chi connectivity index (χ3v) is 4.31. The van der Waals surface area contributed by atoms with Crippen LogP contribution in [0.4, 0.5) is 0 Å². The van der Waals surface area contributed by atoms with Crippen LogP contribution in [0.25, 0.3) is 0 Å². The summed E-state index contributed by atoms with van der Waals surface area (Å²) in [7, 11) is 1.61. The quantitative estimate of drug-likeness (QED) is 0.887. The van der Waals surface area contributed by atoms with E-state index in [1.807, 2.05) is 0 Å². The molecule has 0 aliphatic heterocycles. The minimum Gasteiger partial charge on any atom is -0.370 e. The number of aromatic nitrogens is 2.